The number of benzene rings is 1. The Morgan fingerprint density at radius 2 is 2.00 bits per heavy atom. The molecule has 1 N–H and O–H groups in total. The first-order valence-corrected chi connectivity index (χ1v) is 6.96. The quantitative estimate of drug-likeness (QED) is 0.771. The summed E-state index contributed by atoms with van der Waals surface area (Å²) in [6, 6.07) is 5.50. The van der Waals surface area contributed by atoms with Crippen LogP contribution in [0.1, 0.15) is 38.7 Å². The van der Waals surface area contributed by atoms with E-state index in [1.54, 1.807) is 6.07 Å². The van der Waals surface area contributed by atoms with Crippen molar-refractivity contribution in [2.45, 2.75) is 33.1 Å². The molecule has 1 aromatic carbocycles. The summed E-state index contributed by atoms with van der Waals surface area (Å²) in [6.45, 7) is 8.40. The second-order valence-corrected chi connectivity index (χ2v) is 5.79. The summed E-state index contributed by atoms with van der Waals surface area (Å²) in [4.78, 5) is 0. The third-order valence-electron chi connectivity index (χ3n) is 2.82. The molecule has 0 aliphatic heterocycles. The normalized spacial score (nSPS) is 13.1. The Morgan fingerprint density at radius 1 is 1.29 bits per heavy atom. The van der Waals surface area contributed by atoms with E-state index in [1.165, 1.54) is 0 Å². The molecule has 0 aliphatic carbocycles. The van der Waals surface area contributed by atoms with Crippen molar-refractivity contribution in [3.8, 4) is 0 Å². The van der Waals surface area contributed by atoms with E-state index in [1.807, 2.05) is 12.1 Å². The van der Waals surface area contributed by atoms with Gasteiger partial charge in [-0.25, -0.2) is 4.39 Å². The topological polar surface area (TPSA) is 12.0 Å². The van der Waals surface area contributed by atoms with Crippen LogP contribution in [-0.2, 0) is 0 Å². The first kappa shape index (κ1) is 14.7. The zero-order valence-electron chi connectivity index (χ0n) is 10.8. The fourth-order valence-electron chi connectivity index (χ4n) is 1.77. The molecule has 0 aliphatic rings. The number of rotatable bonds is 6. The molecule has 0 fully saturated rings. The van der Waals surface area contributed by atoms with Crippen molar-refractivity contribution in [3.63, 3.8) is 0 Å². The summed E-state index contributed by atoms with van der Waals surface area (Å²) in [5.74, 6) is 0.781. The number of nitrogens with one attached hydrogen (secondary N) is 1. The van der Waals surface area contributed by atoms with Crippen LogP contribution in [0.4, 0.5) is 4.39 Å². The van der Waals surface area contributed by atoms with Gasteiger partial charge < -0.3 is 5.32 Å². The predicted octanol–water partition coefficient (Wildman–Crippen LogP) is 4.33. The van der Waals surface area contributed by atoms with Crippen LogP contribution in [0.3, 0.4) is 0 Å². The largest absolute Gasteiger partial charge is 0.316 e. The maximum atomic E-state index is 13.8. The molecular weight excluding hydrogens is 281 g/mol. The molecule has 0 heterocycles. The van der Waals surface area contributed by atoms with Crippen LogP contribution in [0.15, 0.2) is 22.7 Å². The van der Waals surface area contributed by atoms with E-state index in [2.05, 4.69) is 42.0 Å². The van der Waals surface area contributed by atoms with Gasteiger partial charge in [-0.3, -0.25) is 0 Å². The highest BCUT2D eigenvalue weighted by Crippen LogP contribution is 2.26. The summed E-state index contributed by atoms with van der Waals surface area (Å²) >= 11 is 3.22. The number of hydrogen-bond donors (Lipinski definition) is 1. The lowest BCUT2D eigenvalue weighted by Crippen LogP contribution is -2.22. The molecule has 1 nitrogen and oxygen atoms in total. The predicted molar refractivity (Wildman–Crippen MR) is 74.8 cm³/mol. The van der Waals surface area contributed by atoms with Crippen LogP contribution in [0.5, 0.6) is 0 Å². The van der Waals surface area contributed by atoms with E-state index >= 15 is 0 Å². The van der Waals surface area contributed by atoms with E-state index in [9.17, 15) is 4.39 Å². The van der Waals surface area contributed by atoms with Crippen molar-refractivity contribution in [1.82, 2.24) is 5.32 Å². The summed E-state index contributed by atoms with van der Waals surface area (Å²) in [5.41, 5.74) is 0.797. The van der Waals surface area contributed by atoms with Crippen LogP contribution in [0.2, 0.25) is 0 Å². The first-order valence-electron chi connectivity index (χ1n) is 6.17. The first-order chi connectivity index (χ1) is 8.02. The Bertz CT molecular complexity index is 352. The van der Waals surface area contributed by atoms with Crippen molar-refractivity contribution in [2.24, 2.45) is 5.92 Å². The standard InChI is InChI=1S/C14H21BrFN/c1-10(2)9-17-8-7-11(3)12-5-4-6-13(15)14(12)16/h4-6,10-11,17H,7-9H2,1-3H3. The van der Waals surface area contributed by atoms with Gasteiger partial charge in [0.25, 0.3) is 0 Å². The third kappa shape index (κ3) is 4.76. The van der Waals surface area contributed by atoms with Gasteiger partial charge in [0.1, 0.15) is 5.82 Å². The molecular formula is C14H21BrFN. The second kappa shape index (κ2) is 7.12. The SMILES string of the molecule is CC(C)CNCCC(C)c1cccc(Br)c1F. The molecule has 0 amide bonds. The van der Waals surface area contributed by atoms with E-state index < -0.39 is 0 Å². The Balaban J connectivity index is 2.47. The van der Waals surface area contributed by atoms with Crippen LogP contribution < -0.4 is 5.32 Å². The zero-order valence-corrected chi connectivity index (χ0v) is 12.3. The molecule has 0 spiro atoms. The molecule has 0 radical (unpaired) electrons. The van der Waals surface area contributed by atoms with Gasteiger partial charge in [0.15, 0.2) is 0 Å². The van der Waals surface area contributed by atoms with Crippen LogP contribution in [-0.4, -0.2) is 13.1 Å². The van der Waals surface area contributed by atoms with Gasteiger partial charge in [-0.15, -0.1) is 0 Å². The maximum absolute atomic E-state index is 13.8. The van der Waals surface area contributed by atoms with Gasteiger partial charge in [-0.2, -0.15) is 0 Å². The Kier molecular flexibility index (Phi) is 6.14. The van der Waals surface area contributed by atoms with Crippen molar-refractivity contribution < 1.29 is 4.39 Å². The Hall–Kier alpha value is -0.410. The summed E-state index contributed by atoms with van der Waals surface area (Å²) in [7, 11) is 0. The molecule has 1 atom stereocenters. The van der Waals surface area contributed by atoms with Crippen molar-refractivity contribution in [2.75, 3.05) is 13.1 Å². The second-order valence-electron chi connectivity index (χ2n) is 4.93. The van der Waals surface area contributed by atoms with Crippen molar-refractivity contribution >= 4 is 15.9 Å². The highest BCUT2D eigenvalue weighted by atomic mass is 79.9. The van der Waals surface area contributed by atoms with E-state index in [-0.39, 0.29) is 11.7 Å². The average molecular weight is 302 g/mol. The van der Waals surface area contributed by atoms with E-state index in [0.29, 0.717) is 10.4 Å². The minimum Gasteiger partial charge on any atom is -0.316 e. The van der Waals surface area contributed by atoms with E-state index in [4.69, 9.17) is 0 Å². The minimum atomic E-state index is -0.121. The lowest BCUT2D eigenvalue weighted by atomic mass is 9.97. The molecule has 1 aromatic rings. The van der Waals surface area contributed by atoms with E-state index in [0.717, 1.165) is 25.1 Å². The molecule has 0 saturated heterocycles. The summed E-state index contributed by atoms with van der Waals surface area (Å²) < 4.78 is 14.4. The van der Waals surface area contributed by atoms with Gasteiger partial charge in [0.2, 0.25) is 0 Å². The fourth-order valence-corrected chi connectivity index (χ4v) is 2.15. The molecule has 3 heteroatoms. The zero-order chi connectivity index (χ0) is 12.8. The average Bonchev–Trinajstić information content (AvgIpc) is 2.27. The lowest BCUT2D eigenvalue weighted by molar-refractivity contribution is 0.513. The Labute approximate surface area is 112 Å². The third-order valence-corrected chi connectivity index (χ3v) is 3.43. The number of halogens is 2. The van der Waals surface area contributed by atoms with Crippen LogP contribution in [0, 0.1) is 11.7 Å². The highest BCUT2D eigenvalue weighted by molar-refractivity contribution is 9.10. The molecule has 0 aromatic heterocycles. The van der Waals surface area contributed by atoms with Crippen molar-refractivity contribution in [1.29, 1.82) is 0 Å². The van der Waals surface area contributed by atoms with Gasteiger partial charge in [-0.05, 0) is 58.9 Å². The number of hydrogen-bond acceptors (Lipinski definition) is 1. The van der Waals surface area contributed by atoms with Crippen LogP contribution in [0.25, 0.3) is 0 Å². The molecule has 17 heavy (non-hydrogen) atoms. The summed E-state index contributed by atoms with van der Waals surface area (Å²) in [6.07, 6.45) is 0.958. The maximum Gasteiger partial charge on any atom is 0.140 e. The summed E-state index contributed by atoms with van der Waals surface area (Å²) in [5, 5.41) is 3.39. The molecule has 96 valence electrons. The van der Waals surface area contributed by atoms with Crippen LogP contribution >= 0.6 is 15.9 Å². The van der Waals surface area contributed by atoms with Gasteiger partial charge in [-0.1, -0.05) is 32.9 Å². The van der Waals surface area contributed by atoms with Crippen molar-refractivity contribution in [3.05, 3.63) is 34.1 Å². The lowest BCUT2D eigenvalue weighted by Gasteiger charge is -2.14. The monoisotopic (exact) mass is 301 g/mol. The molecule has 0 saturated carbocycles. The van der Waals surface area contributed by atoms with Gasteiger partial charge >= 0.3 is 0 Å². The van der Waals surface area contributed by atoms with Gasteiger partial charge in [0.05, 0.1) is 4.47 Å². The van der Waals surface area contributed by atoms with Gasteiger partial charge in [0, 0.05) is 0 Å². The molecule has 0 bridgehead atoms. The fraction of sp³-hybridized carbons (Fsp3) is 0.571. The molecule has 1 unspecified atom stereocenters. The Morgan fingerprint density at radius 3 is 2.65 bits per heavy atom. The smallest absolute Gasteiger partial charge is 0.140 e. The molecule has 1 rings (SSSR count). The highest BCUT2D eigenvalue weighted by Gasteiger charge is 2.12. The minimum absolute atomic E-state index is 0.121.